The van der Waals surface area contributed by atoms with E-state index in [9.17, 15) is 0 Å². The number of aromatic nitrogens is 3. The van der Waals surface area contributed by atoms with Crippen molar-refractivity contribution in [3.63, 3.8) is 0 Å². The first-order valence-corrected chi connectivity index (χ1v) is 6.78. The van der Waals surface area contributed by atoms with E-state index in [2.05, 4.69) is 32.9 Å². The molecule has 1 atom stereocenters. The Morgan fingerprint density at radius 3 is 2.94 bits per heavy atom. The number of methoxy groups -OCH3 is 1. The molecule has 0 aliphatic rings. The monoisotopic (exact) mass is 312 g/mol. The Bertz CT molecular complexity index is 540. The lowest BCUT2D eigenvalue weighted by Crippen LogP contribution is -2.13. The fourth-order valence-electron chi connectivity index (χ4n) is 1.98. The molecule has 6 heteroatoms. The average Bonchev–Trinajstić information content (AvgIpc) is 2.81. The molecular formula is C12H17BrN4O. The van der Waals surface area contributed by atoms with Crippen molar-refractivity contribution in [1.29, 1.82) is 0 Å². The number of hydrogen-bond acceptors (Lipinski definition) is 4. The molecule has 98 valence electrons. The number of unbranched alkanes of at least 4 members (excludes halogenated alkanes) is 1. The molecule has 1 unspecified atom stereocenters. The second-order valence-corrected chi connectivity index (χ2v) is 5.03. The smallest absolute Gasteiger partial charge is 0.150 e. The number of anilines is 1. The van der Waals surface area contributed by atoms with Gasteiger partial charge < -0.3 is 10.5 Å². The summed E-state index contributed by atoms with van der Waals surface area (Å²) in [7, 11) is 1.70. The van der Waals surface area contributed by atoms with Gasteiger partial charge in [-0.1, -0.05) is 13.3 Å². The third-order valence-corrected chi connectivity index (χ3v) is 3.54. The molecule has 0 saturated carbocycles. The molecule has 2 aromatic rings. The van der Waals surface area contributed by atoms with Crippen molar-refractivity contribution in [1.82, 2.24) is 14.8 Å². The van der Waals surface area contributed by atoms with Gasteiger partial charge in [0.05, 0.1) is 21.6 Å². The fraction of sp³-hybridized carbons (Fsp3) is 0.500. The number of hydrogen-bond donors (Lipinski definition) is 1. The van der Waals surface area contributed by atoms with Gasteiger partial charge in [-0.2, -0.15) is 5.10 Å². The summed E-state index contributed by atoms with van der Waals surface area (Å²) in [5.41, 5.74) is 6.79. The van der Waals surface area contributed by atoms with Gasteiger partial charge in [0.15, 0.2) is 6.23 Å². The van der Waals surface area contributed by atoms with Crippen LogP contribution in [0, 0.1) is 0 Å². The average molecular weight is 313 g/mol. The molecule has 0 aliphatic carbocycles. The van der Waals surface area contributed by atoms with Crippen LogP contribution in [0.3, 0.4) is 0 Å². The van der Waals surface area contributed by atoms with E-state index in [0.29, 0.717) is 5.82 Å². The summed E-state index contributed by atoms with van der Waals surface area (Å²) < 4.78 is 8.26. The van der Waals surface area contributed by atoms with Gasteiger partial charge in [0, 0.05) is 13.3 Å². The van der Waals surface area contributed by atoms with Crippen LogP contribution in [0.1, 0.15) is 32.4 Å². The molecule has 0 bridgehead atoms. The molecule has 2 rings (SSSR count). The zero-order chi connectivity index (χ0) is 13.1. The largest absolute Gasteiger partial charge is 0.383 e. The second-order valence-electron chi connectivity index (χ2n) is 4.18. The van der Waals surface area contributed by atoms with Gasteiger partial charge in [-0.3, -0.25) is 0 Å². The first-order valence-electron chi connectivity index (χ1n) is 5.99. The lowest BCUT2D eigenvalue weighted by Gasteiger charge is -2.17. The van der Waals surface area contributed by atoms with Gasteiger partial charge in [-0.05, 0) is 28.8 Å². The fourth-order valence-corrected chi connectivity index (χ4v) is 2.48. The van der Waals surface area contributed by atoms with E-state index in [1.807, 2.05) is 4.68 Å². The molecular weight excluding hydrogens is 296 g/mol. The maximum Gasteiger partial charge on any atom is 0.150 e. The summed E-state index contributed by atoms with van der Waals surface area (Å²) >= 11 is 3.49. The highest BCUT2D eigenvalue weighted by Crippen LogP contribution is 2.30. The number of nitrogens with zero attached hydrogens (tertiary/aromatic N) is 3. The van der Waals surface area contributed by atoms with Crippen LogP contribution in [-0.2, 0) is 4.74 Å². The maximum absolute atomic E-state index is 5.85. The molecule has 5 nitrogen and oxygen atoms in total. The van der Waals surface area contributed by atoms with Crippen LogP contribution in [0.15, 0.2) is 16.9 Å². The molecule has 18 heavy (non-hydrogen) atoms. The van der Waals surface area contributed by atoms with Crippen LogP contribution >= 0.6 is 15.9 Å². The minimum atomic E-state index is -0.0689. The van der Waals surface area contributed by atoms with Crippen molar-refractivity contribution in [2.75, 3.05) is 12.8 Å². The van der Waals surface area contributed by atoms with Gasteiger partial charge in [0.1, 0.15) is 5.82 Å². The summed E-state index contributed by atoms with van der Waals surface area (Å²) in [5.74, 6) is 0.491. The predicted octanol–water partition coefficient (Wildman–Crippen LogP) is 3.11. The lowest BCUT2D eigenvalue weighted by molar-refractivity contribution is 0.0288. The Morgan fingerprint density at radius 2 is 2.28 bits per heavy atom. The van der Waals surface area contributed by atoms with Gasteiger partial charge >= 0.3 is 0 Å². The quantitative estimate of drug-likeness (QED) is 0.921. The van der Waals surface area contributed by atoms with Crippen LogP contribution in [0.25, 0.3) is 10.9 Å². The molecule has 0 aromatic carbocycles. The Labute approximate surface area is 114 Å². The van der Waals surface area contributed by atoms with Crippen LogP contribution < -0.4 is 5.73 Å². The third kappa shape index (κ3) is 2.35. The first-order chi connectivity index (χ1) is 8.69. The summed E-state index contributed by atoms with van der Waals surface area (Å²) in [6, 6.07) is 0. The SMILES string of the molecule is CCCCC(OC)n1ncc2c(N)ncc(Br)c21. The number of nitrogens with two attached hydrogens (primary N) is 1. The highest BCUT2D eigenvalue weighted by atomic mass is 79.9. The predicted molar refractivity (Wildman–Crippen MR) is 75.2 cm³/mol. The van der Waals surface area contributed by atoms with Gasteiger partial charge in [-0.25, -0.2) is 9.67 Å². The van der Waals surface area contributed by atoms with Crippen molar-refractivity contribution in [3.8, 4) is 0 Å². The Morgan fingerprint density at radius 1 is 1.50 bits per heavy atom. The molecule has 0 radical (unpaired) electrons. The molecule has 2 heterocycles. The highest BCUT2D eigenvalue weighted by molar-refractivity contribution is 9.10. The van der Waals surface area contributed by atoms with Gasteiger partial charge in [-0.15, -0.1) is 0 Å². The second kappa shape index (κ2) is 5.67. The molecule has 2 N–H and O–H groups in total. The van der Waals surface area contributed by atoms with E-state index in [4.69, 9.17) is 10.5 Å². The first kappa shape index (κ1) is 13.3. The van der Waals surface area contributed by atoms with Crippen molar-refractivity contribution >= 4 is 32.7 Å². The number of fused-ring (bicyclic) bond motifs is 1. The van der Waals surface area contributed by atoms with Crippen molar-refractivity contribution < 1.29 is 4.74 Å². The van der Waals surface area contributed by atoms with Crippen LogP contribution in [-0.4, -0.2) is 21.9 Å². The number of nitrogen functional groups attached to an aromatic ring is 1. The third-order valence-electron chi connectivity index (χ3n) is 2.96. The highest BCUT2D eigenvalue weighted by Gasteiger charge is 2.17. The number of rotatable bonds is 5. The topological polar surface area (TPSA) is 66.0 Å². The Hall–Kier alpha value is -1.14. The van der Waals surface area contributed by atoms with Crippen LogP contribution in [0.4, 0.5) is 5.82 Å². The summed E-state index contributed by atoms with van der Waals surface area (Å²) in [5, 5.41) is 5.23. The maximum atomic E-state index is 5.85. The van der Waals surface area contributed by atoms with Crippen molar-refractivity contribution in [2.24, 2.45) is 0 Å². The molecule has 0 aliphatic heterocycles. The molecule has 0 saturated heterocycles. The summed E-state index contributed by atoms with van der Waals surface area (Å²) in [6.07, 6.45) is 6.52. The molecule has 2 aromatic heterocycles. The van der Waals surface area contributed by atoms with E-state index < -0.39 is 0 Å². The van der Waals surface area contributed by atoms with Gasteiger partial charge in [0.25, 0.3) is 0 Å². The lowest BCUT2D eigenvalue weighted by atomic mass is 10.2. The summed E-state index contributed by atoms with van der Waals surface area (Å²) in [4.78, 5) is 4.10. The standard InChI is InChI=1S/C12H17BrN4O/c1-3-4-5-10(18-2)17-11-8(6-16-17)12(14)15-7-9(11)13/h6-7,10H,3-5H2,1-2H3,(H2,14,15). The molecule has 0 amide bonds. The van der Waals surface area contributed by atoms with Crippen LogP contribution in [0.2, 0.25) is 0 Å². The van der Waals surface area contributed by atoms with Crippen LogP contribution in [0.5, 0.6) is 0 Å². The summed E-state index contributed by atoms with van der Waals surface area (Å²) in [6.45, 7) is 2.16. The van der Waals surface area contributed by atoms with E-state index in [1.54, 1.807) is 19.5 Å². The Kier molecular flexibility index (Phi) is 4.19. The Balaban J connectivity index is 2.47. The normalized spacial score (nSPS) is 13.1. The minimum absolute atomic E-state index is 0.0689. The van der Waals surface area contributed by atoms with E-state index in [-0.39, 0.29) is 6.23 Å². The zero-order valence-electron chi connectivity index (χ0n) is 10.6. The molecule has 0 spiro atoms. The molecule has 0 fully saturated rings. The number of halogens is 1. The van der Waals surface area contributed by atoms with E-state index >= 15 is 0 Å². The van der Waals surface area contributed by atoms with Crippen molar-refractivity contribution in [3.05, 3.63) is 16.9 Å². The number of pyridine rings is 1. The zero-order valence-corrected chi connectivity index (χ0v) is 12.1. The van der Waals surface area contributed by atoms with E-state index in [1.165, 1.54) is 0 Å². The van der Waals surface area contributed by atoms with Crippen molar-refractivity contribution in [2.45, 2.75) is 32.4 Å². The minimum Gasteiger partial charge on any atom is -0.383 e. The van der Waals surface area contributed by atoms with Gasteiger partial charge in [0.2, 0.25) is 0 Å². The van der Waals surface area contributed by atoms with E-state index in [0.717, 1.165) is 34.6 Å². The number of ether oxygens (including phenoxy) is 1.